The molecule has 0 spiro atoms. The van der Waals surface area contributed by atoms with Crippen LogP contribution in [0.4, 0.5) is 0 Å². The minimum atomic E-state index is 0.711. The summed E-state index contributed by atoms with van der Waals surface area (Å²) in [4.78, 5) is 0. The highest BCUT2D eigenvalue weighted by Gasteiger charge is 2.20. The first kappa shape index (κ1) is 12.9. The molecule has 1 aliphatic rings. The molecule has 0 aromatic heterocycles. The molecule has 1 aliphatic heterocycles. The van der Waals surface area contributed by atoms with Crippen LogP contribution in [0.5, 0.6) is 0 Å². The van der Waals surface area contributed by atoms with E-state index < -0.39 is 0 Å². The van der Waals surface area contributed by atoms with Crippen LogP contribution in [0.1, 0.15) is 11.1 Å². The van der Waals surface area contributed by atoms with Gasteiger partial charge in [0, 0.05) is 0 Å². The van der Waals surface area contributed by atoms with Gasteiger partial charge in [-0.15, -0.1) is 0 Å². The Balaban J connectivity index is 1.98. The lowest BCUT2D eigenvalue weighted by Gasteiger charge is -2.14. The largest absolute Gasteiger partial charge is 0.372 e. The third-order valence-corrected chi connectivity index (χ3v) is 4.81. The summed E-state index contributed by atoms with van der Waals surface area (Å²) in [7, 11) is 0. The smallest absolute Gasteiger partial charge is 0.0731 e. The Labute approximate surface area is 135 Å². The summed E-state index contributed by atoms with van der Waals surface area (Å²) in [5, 5.41) is 5.25. The summed E-state index contributed by atoms with van der Waals surface area (Å²) in [6, 6.07) is 26.1. The summed E-state index contributed by atoms with van der Waals surface area (Å²) in [6.07, 6.45) is 0. The fraction of sp³-hybridized carbons (Fsp3) is 0.0909. The van der Waals surface area contributed by atoms with Gasteiger partial charge in [0.25, 0.3) is 0 Å². The fourth-order valence-corrected chi connectivity index (χ4v) is 3.74. The monoisotopic (exact) mass is 296 g/mol. The van der Waals surface area contributed by atoms with Gasteiger partial charge in [0.1, 0.15) is 0 Å². The van der Waals surface area contributed by atoms with Crippen LogP contribution >= 0.6 is 0 Å². The minimum Gasteiger partial charge on any atom is -0.372 e. The van der Waals surface area contributed by atoms with Gasteiger partial charge < -0.3 is 4.74 Å². The molecule has 0 fully saturated rings. The van der Waals surface area contributed by atoms with Crippen molar-refractivity contribution >= 4 is 21.5 Å². The van der Waals surface area contributed by atoms with Crippen molar-refractivity contribution < 1.29 is 4.74 Å². The van der Waals surface area contributed by atoms with Crippen molar-refractivity contribution in [3.8, 4) is 11.1 Å². The predicted molar refractivity (Wildman–Crippen MR) is 95.4 cm³/mol. The lowest BCUT2D eigenvalue weighted by molar-refractivity contribution is 0.134. The van der Waals surface area contributed by atoms with Gasteiger partial charge in [0.2, 0.25) is 0 Å². The third-order valence-electron chi connectivity index (χ3n) is 4.81. The van der Waals surface area contributed by atoms with Crippen molar-refractivity contribution in [1.29, 1.82) is 0 Å². The Hall–Kier alpha value is -2.64. The predicted octanol–water partition coefficient (Wildman–Crippen LogP) is 5.69. The Morgan fingerprint density at radius 2 is 1.48 bits per heavy atom. The number of benzene rings is 4. The number of ether oxygens (including phenoxy) is 1. The zero-order valence-corrected chi connectivity index (χ0v) is 12.8. The van der Waals surface area contributed by atoms with E-state index in [0.29, 0.717) is 13.2 Å². The SMILES string of the molecule is c1ccc(-c2c3c(cc4c2ccc2ccccc24)COC3)cc1. The van der Waals surface area contributed by atoms with Gasteiger partial charge in [-0.2, -0.15) is 0 Å². The van der Waals surface area contributed by atoms with E-state index in [1.54, 1.807) is 0 Å². The first-order valence-electron chi connectivity index (χ1n) is 8.01. The van der Waals surface area contributed by atoms with E-state index in [2.05, 4.69) is 72.8 Å². The van der Waals surface area contributed by atoms with Crippen molar-refractivity contribution in [3.63, 3.8) is 0 Å². The molecular formula is C22H16O. The molecule has 0 saturated heterocycles. The van der Waals surface area contributed by atoms with E-state index in [9.17, 15) is 0 Å². The average molecular weight is 296 g/mol. The van der Waals surface area contributed by atoms with Crippen LogP contribution in [0.3, 0.4) is 0 Å². The molecule has 23 heavy (non-hydrogen) atoms. The molecule has 5 rings (SSSR count). The van der Waals surface area contributed by atoms with Gasteiger partial charge in [-0.3, -0.25) is 0 Å². The maximum Gasteiger partial charge on any atom is 0.0731 e. The van der Waals surface area contributed by atoms with Crippen LogP contribution < -0.4 is 0 Å². The molecule has 4 aromatic carbocycles. The highest BCUT2D eigenvalue weighted by atomic mass is 16.5. The van der Waals surface area contributed by atoms with Crippen LogP contribution in [-0.2, 0) is 18.0 Å². The second-order valence-electron chi connectivity index (χ2n) is 6.13. The lowest BCUT2D eigenvalue weighted by atomic mass is 9.89. The Bertz CT molecular complexity index is 1030. The molecule has 1 nitrogen and oxygen atoms in total. The van der Waals surface area contributed by atoms with Crippen molar-refractivity contribution in [3.05, 3.63) is 83.9 Å². The quantitative estimate of drug-likeness (QED) is 0.410. The van der Waals surface area contributed by atoms with Gasteiger partial charge in [-0.05, 0) is 49.9 Å². The van der Waals surface area contributed by atoms with Gasteiger partial charge in [-0.1, -0.05) is 66.7 Å². The number of rotatable bonds is 1. The van der Waals surface area contributed by atoms with Crippen molar-refractivity contribution in [2.45, 2.75) is 13.2 Å². The van der Waals surface area contributed by atoms with Crippen molar-refractivity contribution in [2.24, 2.45) is 0 Å². The number of hydrogen-bond acceptors (Lipinski definition) is 1. The second kappa shape index (κ2) is 4.94. The zero-order chi connectivity index (χ0) is 15.2. The molecule has 0 N–H and O–H groups in total. The maximum atomic E-state index is 5.76. The van der Waals surface area contributed by atoms with Crippen LogP contribution in [0, 0.1) is 0 Å². The lowest BCUT2D eigenvalue weighted by Crippen LogP contribution is -1.92. The van der Waals surface area contributed by atoms with E-state index in [0.717, 1.165) is 0 Å². The average Bonchev–Trinajstić information content (AvgIpc) is 3.08. The van der Waals surface area contributed by atoms with Gasteiger partial charge in [0.15, 0.2) is 0 Å². The molecule has 0 unspecified atom stereocenters. The molecule has 1 heterocycles. The van der Waals surface area contributed by atoms with E-state index in [1.165, 1.54) is 43.8 Å². The highest BCUT2D eigenvalue weighted by Crippen LogP contribution is 2.40. The highest BCUT2D eigenvalue weighted by molar-refractivity contribution is 6.13. The molecule has 0 bridgehead atoms. The molecule has 0 saturated carbocycles. The van der Waals surface area contributed by atoms with Gasteiger partial charge in [-0.25, -0.2) is 0 Å². The first-order valence-corrected chi connectivity index (χ1v) is 8.01. The molecular weight excluding hydrogens is 280 g/mol. The standard InChI is InChI=1S/C22H16O/c1-2-7-16(8-3-1)22-19-11-10-15-6-4-5-9-18(15)20(19)12-17-13-23-14-21(17)22/h1-12H,13-14H2. The Kier molecular flexibility index (Phi) is 2.76. The van der Waals surface area contributed by atoms with Crippen molar-refractivity contribution in [1.82, 2.24) is 0 Å². The van der Waals surface area contributed by atoms with Crippen LogP contribution in [0.25, 0.3) is 32.7 Å². The molecule has 0 amide bonds. The molecule has 110 valence electrons. The van der Waals surface area contributed by atoms with Gasteiger partial charge >= 0.3 is 0 Å². The zero-order valence-electron chi connectivity index (χ0n) is 12.8. The summed E-state index contributed by atoms with van der Waals surface area (Å²) in [6.45, 7) is 1.43. The maximum absolute atomic E-state index is 5.76. The Morgan fingerprint density at radius 3 is 2.39 bits per heavy atom. The number of fused-ring (bicyclic) bond motifs is 4. The van der Waals surface area contributed by atoms with Gasteiger partial charge in [0.05, 0.1) is 13.2 Å². The third kappa shape index (κ3) is 1.90. The molecule has 0 radical (unpaired) electrons. The molecule has 1 heteroatoms. The fourth-order valence-electron chi connectivity index (χ4n) is 3.74. The van der Waals surface area contributed by atoms with E-state index in [4.69, 9.17) is 4.74 Å². The molecule has 0 atom stereocenters. The first-order chi connectivity index (χ1) is 11.4. The molecule has 4 aromatic rings. The Morgan fingerprint density at radius 1 is 0.652 bits per heavy atom. The van der Waals surface area contributed by atoms with Crippen molar-refractivity contribution in [2.75, 3.05) is 0 Å². The summed E-state index contributed by atoms with van der Waals surface area (Å²) < 4.78 is 5.76. The van der Waals surface area contributed by atoms with E-state index >= 15 is 0 Å². The molecule has 0 aliphatic carbocycles. The minimum absolute atomic E-state index is 0.711. The van der Waals surface area contributed by atoms with Crippen LogP contribution in [-0.4, -0.2) is 0 Å². The van der Waals surface area contributed by atoms with Crippen LogP contribution in [0.15, 0.2) is 72.8 Å². The summed E-state index contributed by atoms with van der Waals surface area (Å²) in [5.41, 5.74) is 5.28. The van der Waals surface area contributed by atoms with Crippen LogP contribution in [0.2, 0.25) is 0 Å². The summed E-state index contributed by atoms with van der Waals surface area (Å²) in [5.74, 6) is 0. The second-order valence-corrected chi connectivity index (χ2v) is 6.13. The normalized spacial score (nSPS) is 13.6. The number of hydrogen-bond donors (Lipinski definition) is 0. The van der Waals surface area contributed by atoms with E-state index in [1.807, 2.05) is 0 Å². The topological polar surface area (TPSA) is 9.23 Å². The summed E-state index contributed by atoms with van der Waals surface area (Å²) >= 11 is 0. The van der Waals surface area contributed by atoms with E-state index in [-0.39, 0.29) is 0 Å².